The molecule has 1 heterocycles. The zero-order valence-corrected chi connectivity index (χ0v) is 11.8. The van der Waals surface area contributed by atoms with Crippen molar-refractivity contribution in [2.75, 3.05) is 0 Å². The third-order valence-electron chi connectivity index (χ3n) is 3.68. The Labute approximate surface area is 127 Å². The molecule has 0 amide bonds. The summed E-state index contributed by atoms with van der Waals surface area (Å²) in [5.41, 5.74) is 2.43. The second-order valence-corrected chi connectivity index (χ2v) is 5.25. The fraction of sp³-hybridized carbons (Fsp3) is 0.235. The number of carbonyl (C=O) groups is 1. The molecule has 0 aromatic heterocycles. The van der Waals surface area contributed by atoms with Crippen molar-refractivity contribution in [1.29, 1.82) is 0 Å². The number of phenols is 1. The highest BCUT2D eigenvalue weighted by molar-refractivity contribution is 5.42. The molecule has 0 saturated carbocycles. The van der Waals surface area contributed by atoms with Gasteiger partial charge in [0.1, 0.15) is 24.2 Å². The largest absolute Gasteiger partial charge is 0.508 e. The van der Waals surface area contributed by atoms with Crippen LogP contribution >= 0.6 is 0 Å². The average Bonchev–Trinajstić information content (AvgIpc) is 2.52. The quantitative estimate of drug-likeness (QED) is 0.846. The van der Waals surface area contributed by atoms with Gasteiger partial charge in [-0.25, -0.2) is 0 Å². The van der Waals surface area contributed by atoms with Crippen LogP contribution in [0, 0.1) is 0 Å². The van der Waals surface area contributed by atoms with E-state index in [0.29, 0.717) is 24.2 Å². The Morgan fingerprint density at radius 1 is 1.27 bits per heavy atom. The fourth-order valence-electron chi connectivity index (χ4n) is 2.64. The lowest BCUT2D eigenvalue weighted by atomic mass is 9.94. The number of hydrogen-bond donors (Lipinski definition) is 2. The molecule has 3 rings (SSSR count). The van der Waals surface area contributed by atoms with Crippen molar-refractivity contribution in [2.45, 2.75) is 25.2 Å². The van der Waals surface area contributed by atoms with Gasteiger partial charge < -0.3 is 19.7 Å². The number of aliphatic hydroxyl groups excluding tert-OH is 1. The summed E-state index contributed by atoms with van der Waals surface area (Å²) in [6, 6.07) is 12.2. The Hall–Kier alpha value is -2.53. The van der Waals surface area contributed by atoms with Gasteiger partial charge in [-0.15, -0.1) is 0 Å². The standard InChI is InChI=1S/C17H16O5/c18-10-21-9-11-4-5-12-8-15(20)17(22-16(12)6-11)13-2-1-3-14(19)7-13/h1-7,10,15,17,19-20H,8-9H2/t15-,17-/m1/s1. The molecule has 0 saturated heterocycles. The number of phenolic OH excluding ortho intramolecular Hbond substituents is 1. The van der Waals surface area contributed by atoms with Crippen LogP contribution in [0.5, 0.6) is 11.5 Å². The van der Waals surface area contributed by atoms with E-state index >= 15 is 0 Å². The smallest absolute Gasteiger partial charge is 0.293 e. The summed E-state index contributed by atoms with van der Waals surface area (Å²) < 4.78 is 10.6. The van der Waals surface area contributed by atoms with Crippen LogP contribution in [-0.4, -0.2) is 22.8 Å². The Morgan fingerprint density at radius 2 is 2.14 bits per heavy atom. The van der Waals surface area contributed by atoms with Crippen LogP contribution in [0.4, 0.5) is 0 Å². The maximum absolute atomic E-state index is 10.3. The summed E-state index contributed by atoms with van der Waals surface area (Å²) >= 11 is 0. The van der Waals surface area contributed by atoms with E-state index in [0.717, 1.165) is 11.1 Å². The van der Waals surface area contributed by atoms with E-state index < -0.39 is 12.2 Å². The van der Waals surface area contributed by atoms with Gasteiger partial charge in [0.05, 0.1) is 6.10 Å². The molecule has 5 heteroatoms. The first-order valence-electron chi connectivity index (χ1n) is 6.98. The number of fused-ring (bicyclic) bond motifs is 1. The number of carbonyl (C=O) groups excluding carboxylic acids is 1. The second kappa shape index (κ2) is 6.07. The van der Waals surface area contributed by atoms with Crippen LogP contribution in [0.3, 0.4) is 0 Å². The van der Waals surface area contributed by atoms with E-state index in [1.54, 1.807) is 30.3 Å². The molecule has 0 bridgehead atoms. The van der Waals surface area contributed by atoms with Gasteiger partial charge in [-0.05, 0) is 34.9 Å². The zero-order valence-electron chi connectivity index (χ0n) is 11.8. The predicted octanol–water partition coefficient (Wildman–Crippen LogP) is 2.10. The summed E-state index contributed by atoms with van der Waals surface area (Å²) in [6.45, 7) is 0.582. The number of aliphatic hydroxyl groups is 1. The molecule has 2 N–H and O–H groups in total. The molecule has 2 aromatic carbocycles. The monoisotopic (exact) mass is 300 g/mol. The van der Waals surface area contributed by atoms with E-state index in [9.17, 15) is 15.0 Å². The highest BCUT2D eigenvalue weighted by atomic mass is 16.5. The topological polar surface area (TPSA) is 76.0 Å². The highest BCUT2D eigenvalue weighted by Gasteiger charge is 2.30. The van der Waals surface area contributed by atoms with Crippen molar-refractivity contribution in [3.8, 4) is 11.5 Å². The van der Waals surface area contributed by atoms with Crippen LogP contribution in [0.1, 0.15) is 22.8 Å². The van der Waals surface area contributed by atoms with Crippen LogP contribution in [0.25, 0.3) is 0 Å². The van der Waals surface area contributed by atoms with E-state index in [4.69, 9.17) is 9.47 Å². The van der Waals surface area contributed by atoms with Crippen LogP contribution in [-0.2, 0) is 22.6 Å². The maximum atomic E-state index is 10.3. The van der Waals surface area contributed by atoms with Gasteiger partial charge in [0.15, 0.2) is 0 Å². The van der Waals surface area contributed by atoms with Crippen molar-refractivity contribution < 1.29 is 24.5 Å². The second-order valence-electron chi connectivity index (χ2n) is 5.25. The molecule has 22 heavy (non-hydrogen) atoms. The molecular formula is C17H16O5. The van der Waals surface area contributed by atoms with Gasteiger partial charge in [0.2, 0.25) is 0 Å². The lowest BCUT2D eigenvalue weighted by Crippen LogP contribution is -2.30. The summed E-state index contributed by atoms with van der Waals surface area (Å²) in [6.07, 6.45) is -0.766. The summed E-state index contributed by atoms with van der Waals surface area (Å²) in [7, 11) is 0. The van der Waals surface area contributed by atoms with Crippen molar-refractivity contribution in [3.05, 3.63) is 59.2 Å². The molecule has 1 aliphatic heterocycles. The first kappa shape index (κ1) is 14.4. The number of hydrogen-bond acceptors (Lipinski definition) is 5. The van der Waals surface area contributed by atoms with Crippen molar-refractivity contribution in [2.24, 2.45) is 0 Å². The minimum Gasteiger partial charge on any atom is -0.508 e. The molecule has 5 nitrogen and oxygen atoms in total. The molecule has 0 radical (unpaired) electrons. The van der Waals surface area contributed by atoms with Gasteiger partial charge in [0.25, 0.3) is 6.47 Å². The van der Waals surface area contributed by atoms with Gasteiger partial charge in [-0.1, -0.05) is 24.3 Å². The van der Waals surface area contributed by atoms with Gasteiger partial charge >= 0.3 is 0 Å². The maximum Gasteiger partial charge on any atom is 0.293 e. The van der Waals surface area contributed by atoms with E-state index in [1.807, 2.05) is 12.1 Å². The zero-order chi connectivity index (χ0) is 15.5. The normalized spacial score (nSPS) is 19.9. The Balaban J connectivity index is 1.87. The first-order valence-corrected chi connectivity index (χ1v) is 6.98. The van der Waals surface area contributed by atoms with E-state index in [-0.39, 0.29) is 12.4 Å². The molecule has 0 unspecified atom stereocenters. The summed E-state index contributed by atoms with van der Waals surface area (Å²) in [4.78, 5) is 10.3. The Bertz CT molecular complexity index is 682. The lowest BCUT2D eigenvalue weighted by molar-refractivity contribution is -0.129. The number of benzene rings is 2. The summed E-state index contributed by atoms with van der Waals surface area (Å²) in [5, 5.41) is 19.9. The average molecular weight is 300 g/mol. The molecular weight excluding hydrogens is 284 g/mol. The Kier molecular flexibility index (Phi) is 3.98. The summed E-state index contributed by atoms with van der Waals surface area (Å²) in [5.74, 6) is 0.790. The number of aromatic hydroxyl groups is 1. The molecule has 0 aliphatic carbocycles. The molecule has 114 valence electrons. The van der Waals surface area contributed by atoms with Gasteiger partial charge in [-0.3, -0.25) is 4.79 Å². The van der Waals surface area contributed by atoms with Crippen molar-refractivity contribution >= 4 is 6.47 Å². The SMILES string of the molecule is O=COCc1ccc2c(c1)O[C@H](c1cccc(O)c1)[C@H](O)C2. The van der Waals surface area contributed by atoms with Gasteiger partial charge in [0, 0.05) is 6.42 Å². The van der Waals surface area contributed by atoms with E-state index in [2.05, 4.69) is 0 Å². The van der Waals surface area contributed by atoms with Crippen LogP contribution in [0.2, 0.25) is 0 Å². The van der Waals surface area contributed by atoms with E-state index in [1.165, 1.54) is 0 Å². The molecule has 0 fully saturated rings. The minimum atomic E-state index is -0.689. The number of rotatable bonds is 4. The number of ether oxygens (including phenoxy) is 2. The van der Waals surface area contributed by atoms with Crippen molar-refractivity contribution in [3.63, 3.8) is 0 Å². The predicted molar refractivity (Wildman–Crippen MR) is 78.5 cm³/mol. The third kappa shape index (κ3) is 2.89. The first-order chi connectivity index (χ1) is 10.7. The molecule has 1 aliphatic rings. The lowest BCUT2D eigenvalue weighted by Gasteiger charge is -2.31. The molecule has 2 atom stereocenters. The highest BCUT2D eigenvalue weighted by Crippen LogP contribution is 2.36. The minimum absolute atomic E-state index is 0.132. The fourth-order valence-corrected chi connectivity index (χ4v) is 2.64. The third-order valence-corrected chi connectivity index (χ3v) is 3.68. The molecule has 0 spiro atoms. The van der Waals surface area contributed by atoms with Crippen LogP contribution < -0.4 is 4.74 Å². The molecule has 2 aromatic rings. The van der Waals surface area contributed by atoms with Crippen molar-refractivity contribution in [1.82, 2.24) is 0 Å². The Morgan fingerprint density at radius 3 is 2.91 bits per heavy atom. The van der Waals surface area contributed by atoms with Gasteiger partial charge in [-0.2, -0.15) is 0 Å². The van der Waals surface area contributed by atoms with Crippen LogP contribution in [0.15, 0.2) is 42.5 Å².